The molecule has 1 fully saturated rings. The maximum absolute atomic E-state index is 10.1. The van der Waals surface area contributed by atoms with Crippen LogP contribution in [0.5, 0.6) is 5.75 Å². The van der Waals surface area contributed by atoms with Gasteiger partial charge < -0.3 is 19.3 Å². The molecule has 4 unspecified atom stereocenters. The molecule has 1 saturated heterocycles. The van der Waals surface area contributed by atoms with E-state index in [1.807, 2.05) is 50.2 Å². The first-order valence-electron chi connectivity index (χ1n) is 10.3. The van der Waals surface area contributed by atoms with Crippen LogP contribution in [0.25, 0.3) is 0 Å². The second kappa shape index (κ2) is 10.8. The highest BCUT2D eigenvalue weighted by molar-refractivity contribution is 6.31. The summed E-state index contributed by atoms with van der Waals surface area (Å²) in [5.74, 6) is 3.23. The van der Waals surface area contributed by atoms with Gasteiger partial charge in [-0.3, -0.25) is 0 Å². The molecule has 0 bridgehead atoms. The van der Waals surface area contributed by atoms with Crippen LogP contribution < -0.4 is 4.74 Å². The van der Waals surface area contributed by atoms with Gasteiger partial charge >= 0.3 is 0 Å². The highest BCUT2D eigenvalue weighted by atomic mass is 35.5. The van der Waals surface area contributed by atoms with Crippen molar-refractivity contribution in [2.45, 2.75) is 57.5 Å². The van der Waals surface area contributed by atoms with Gasteiger partial charge in [-0.05, 0) is 61.6 Å². The van der Waals surface area contributed by atoms with Crippen molar-refractivity contribution in [2.75, 3.05) is 13.2 Å². The molecule has 2 aromatic carbocycles. The summed E-state index contributed by atoms with van der Waals surface area (Å²) in [6.07, 6.45) is 6.71. The van der Waals surface area contributed by atoms with Crippen LogP contribution in [0, 0.1) is 12.3 Å². The smallest absolute Gasteiger partial charge is 0.119 e. The average Bonchev–Trinajstić information content (AvgIpc) is 2.70. The Bertz CT molecular complexity index is 848. The van der Waals surface area contributed by atoms with E-state index in [1.54, 1.807) is 0 Å². The Hall–Kier alpha value is -2.03. The number of rotatable bonds is 8. The minimum Gasteiger partial charge on any atom is -0.488 e. The summed E-state index contributed by atoms with van der Waals surface area (Å²) in [7, 11) is 0. The van der Waals surface area contributed by atoms with Gasteiger partial charge in [0.2, 0.25) is 0 Å². The highest BCUT2D eigenvalue weighted by Crippen LogP contribution is 2.33. The minimum absolute atomic E-state index is 0.0461. The topological polar surface area (TPSA) is 47.9 Å². The molecule has 0 aliphatic carbocycles. The number of halogens is 1. The number of benzene rings is 2. The van der Waals surface area contributed by atoms with Crippen molar-refractivity contribution in [3.05, 3.63) is 64.2 Å². The first-order chi connectivity index (χ1) is 14.4. The number of hydrogen-bond donors (Lipinski definition) is 1. The van der Waals surface area contributed by atoms with E-state index in [2.05, 4.69) is 12.0 Å². The van der Waals surface area contributed by atoms with E-state index in [-0.39, 0.29) is 31.0 Å². The molecule has 0 aromatic heterocycles. The van der Waals surface area contributed by atoms with Gasteiger partial charge in [0.1, 0.15) is 18.5 Å². The molecule has 3 rings (SSSR count). The Morgan fingerprint density at radius 2 is 2.00 bits per heavy atom. The van der Waals surface area contributed by atoms with Crippen LogP contribution in [0.1, 0.15) is 49.5 Å². The van der Waals surface area contributed by atoms with E-state index >= 15 is 0 Å². The average molecular weight is 429 g/mol. The summed E-state index contributed by atoms with van der Waals surface area (Å²) in [6, 6.07) is 14.0. The van der Waals surface area contributed by atoms with E-state index in [0.29, 0.717) is 25.9 Å². The lowest BCUT2D eigenvalue weighted by molar-refractivity contribution is -0.0895. The van der Waals surface area contributed by atoms with Gasteiger partial charge in [-0.15, -0.1) is 6.42 Å². The number of hydrogen-bond acceptors (Lipinski definition) is 4. The van der Waals surface area contributed by atoms with Crippen LogP contribution in [0.4, 0.5) is 0 Å². The molecule has 5 heteroatoms. The molecular weight excluding hydrogens is 400 g/mol. The fraction of sp³-hybridized carbons (Fsp3) is 0.440. The third kappa shape index (κ3) is 6.48. The Morgan fingerprint density at radius 3 is 2.70 bits per heavy atom. The molecule has 4 atom stereocenters. The Balaban J connectivity index is 1.64. The first kappa shape index (κ1) is 22.7. The molecule has 160 valence electrons. The summed E-state index contributed by atoms with van der Waals surface area (Å²) in [6.45, 7) is 4.68. The maximum atomic E-state index is 10.1. The Kier molecular flexibility index (Phi) is 8.18. The standard InChI is InChI=1S/C25H29ClO4/c1-4-11-28-16-18(3)29-23-8-5-19(6-9-23)13-21-14-20(7-10-24(21)26)25-15-22(27)12-17(2)30-25/h1,5-10,14,17-18,22,25,27H,11-13,15-16H2,2-3H3. The van der Waals surface area contributed by atoms with Gasteiger partial charge in [-0.25, -0.2) is 0 Å². The molecule has 1 heterocycles. The fourth-order valence-corrected chi connectivity index (χ4v) is 3.90. The number of aliphatic hydroxyl groups excluding tert-OH is 1. The third-order valence-electron chi connectivity index (χ3n) is 5.12. The second-order valence-electron chi connectivity index (χ2n) is 7.88. The lowest BCUT2D eigenvalue weighted by atomic mass is 9.94. The zero-order valence-electron chi connectivity index (χ0n) is 17.5. The van der Waals surface area contributed by atoms with Crippen LogP contribution in [0.2, 0.25) is 5.02 Å². The predicted molar refractivity (Wildman–Crippen MR) is 119 cm³/mol. The van der Waals surface area contributed by atoms with E-state index in [9.17, 15) is 5.11 Å². The number of aliphatic hydroxyl groups is 1. The summed E-state index contributed by atoms with van der Waals surface area (Å²) in [5.41, 5.74) is 3.23. The molecule has 4 nitrogen and oxygen atoms in total. The van der Waals surface area contributed by atoms with Crippen LogP contribution in [0.3, 0.4) is 0 Å². The quantitative estimate of drug-likeness (QED) is 0.477. The molecule has 0 radical (unpaired) electrons. The van der Waals surface area contributed by atoms with Crippen molar-refractivity contribution in [3.63, 3.8) is 0 Å². The van der Waals surface area contributed by atoms with Gasteiger partial charge in [-0.1, -0.05) is 41.8 Å². The van der Waals surface area contributed by atoms with Gasteiger partial charge in [0, 0.05) is 11.4 Å². The van der Waals surface area contributed by atoms with Gasteiger partial charge in [0.15, 0.2) is 0 Å². The normalized spacial score (nSPS) is 22.3. The summed E-state index contributed by atoms with van der Waals surface area (Å²) in [5, 5.41) is 10.8. The third-order valence-corrected chi connectivity index (χ3v) is 5.49. The van der Waals surface area contributed by atoms with Gasteiger partial charge in [-0.2, -0.15) is 0 Å². The zero-order chi connectivity index (χ0) is 21.5. The first-order valence-corrected chi connectivity index (χ1v) is 10.7. The predicted octanol–water partition coefficient (Wildman–Crippen LogP) is 4.95. The van der Waals surface area contributed by atoms with Gasteiger partial charge in [0.25, 0.3) is 0 Å². The SMILES string of the molecule is C#CCOCC(C)Oc1ccc(Cc2cc(C3CC(O)CC(C)O3)ccc2Cl)cc1. The Labute approximate surface area is 184 Å². The molecule has 0 saturated carbocycles. The largest absolute Gasteiger partial charge is 0.488 e. The number of terminal acetylenes is 1. The second-order valence-corrected chi connectivity index (χ2v) is 8.29. The van der Waals surface area contributed by atoms with Crippen molar-refractivity contribution in [1.29, 1.82) is 0 Å². The van der Waals surface area contributed by atoms with E-state index < -0.39 is 0 Å². The van der Waals surface area contributed by atoms with Crippen molar-refractivity contribution in [1.82, 2.24) is 0 Å². The van der Waals surface area contributed by atoms with E-state index in [1.165, 1.54) is 0 Å². The van der Waals surface area contributed by atoms with Crippen molar-refractivity contribution >= 4 is 11.6 Å². The van der Waals surface area contributed by atoms with Crippen molar-refractivity contribution in [2.24, 2.45) is 0 Å². The summed E-state index contributed by atoms with van der Waals surface area (Å²) < 4.78 is 17.2. The lowest BCUT2D eigenvalue weighted by Crippen LogP contribution is -2.29. The van der Waals surface area contributed by atoms with Crippen molar-refractivity contribution in [3.8, 4) is 18.1 Å². The Morgan fingerprint density at radius 1 is 1.23 bits per heavy atom. The van der Waals surface area contributed by atoms with Crippen molar-refractivity contribution < 1.29 is 19.3 Å². The van der Waals surface area contributed by atoms with E-state index in [0.717, 1.165) is 27.5 Å². The molecular formula is C25H29ClO4. The minimum atomic E-state index is -0.329. The van der Waals surface area contributed by atoms with Crippen LogP contribution in [-0.4, -0.2) is 36.6 Å². The monoisotopic (exact) mass is 428 g/mol. The molecule has 1 N–H and O–H groups in total. The van der Waals surface area contributed by atoms with Gasteiger partial charge in [0.05, 0.1) is 24.9 Å². The molecule has 30 heavy (non-hydrogen) atoms. The van der Waals surface area contributed by atoms with Crippen LogP contribution in [-0.2, 0) is 15.9 Å². The lowest BCUT2D eigenvalue weighted by Gasteiger charge is -2.31. The summed E-state index contributed by atoms with van der Waals surface area (Å²) >= 11 is 6.46. The van der Waals surface area contributed by atoms with Crippen LogP contribution in [0.15, 0.2) is 42.5 Å². The van der Waals surface area contributed by atoms with E-state index in [4.69, 9.17) is 32.2 Å². The highest BCUT2D eigenvalue weighted by Gasteiger charge is 2.27. The zero-order valence-corrected chi connectivity index (χ0v) is 18.3. The summed E-state index contributed by atoms with van der Waals surface area (Å²) in [4.78, 5) is 0. The molecule has 1 aliphatic heterocycles. The molecule has 0 amide bonds. The molecule has 2 aromatic rings. The fourth-order valence-electron chi connectivity index (χ4n) is 3.72. The maximum Gasteiger partial charge on any atom is 0.119 e. The van der Waals surface area contributed by atoms with Crippen LogP contribution >= 0.6 is 11.6 Å². The molecule has 1 aliphatic rings. The molecule has 0 spiro atoms. The number of ether oxygens (including phenoxy) is 3.